The smallest absolute Gasteiger partial charge is 0.221 e. The molecule has 0 atom stereocenters. The first kappa shape index (κ1) is 16.9. The van der Waals surface area contributed by atoms with Crippen LogP contribution >= 0.6 is 11.3 Å². The second kappa shape index (κ2) is 8.26. The Morgan fingerprint density at radius 2 is 1.96 bits per heavy atom. The van der Waals surface area contributed by atoms with Gasteiger partial charge in [0.1, 0.15) is 5.01 Å². The Balaban J connectivity index is 1.35. The largest absolute Gasteiger partial charge is 0.369 e. The molecule has 1 aromatic heterocycles. The maximum Gasteiger partial charge on any atom is 0.221 e. The van der Waals surface area contributed by atoms with Crippen molar-refractivity contribution in [2.24, 2.45) is 0 Å². The SMILES string of the molecule is Cc1csc(CNC(=O)CCN2CCN(c3ccccc3)CC2)n1. The van der Waals surface area contributed by atoms with Gasteiger partial charge in [0, 0.05) is 55.9 Å². The lowest BCUT2D eigenvalue weighted by Gasteiger charge is -2.36. The number of hydrogen-bond donors (Lipinski definition) is 1. The lowest BCUT2D eigenvalue weighted by atomic mass is 10.2. The van der Waals surface area contributed by atoms with Gasteiger partial charge in [0.15, 0.2) is 0 Å². The van der Waals surface area contributed by atoms with Crippen LogP contribution in [0, 0.1) is 6.92 Å². The molecule has 0 unspecified atom stereocenters. The zero-order chi connectivity index (χ0) is 16.8. The van der Waals surface area contributed by atoms with Crippen molar-refractivity contribution in [3.8, 4) is 0 Å². The number of aryl methyl sites for hydroxylation is 1. The van der Waals surface area contributed by atoms with Gasteiger partial charge in [-0.3, -0.25) is 9.69 Å². The Hall–Kier alpha value is -1.92. The summed E-state index contributed by atoms with van der Waals surface area (Å²) in [4.78, 5) is 21.1. The highest BCUT2D eigenvalue weighted by Crippen LogP contribution is 2.15. The van der Waals surface area contributed by atoms with Gasteiger partial charge in [-0.1, -0.05) is 18.2 Å². The number of para-hydroxylation sites is 1. The minimum absolute atomic E-state index is 0.105. The topological polar surface area (TPSA) is 48.5 Å². The summed E-state index contributed by atoms with van der Waals surface area (Å²) < 4.78 is 0. The molecule has 1 amide bonds. The zero-order valence-electron chi connectivity index (χ0n) is 14.1. The molecule has 0 aliphatic carbocycles. The predicted molar refractivity (Wildman–Crippen MR) is 98.4 cm³/mol. The van der Waals surface area contributed by atoms with E-state index in [2.05, 4.69) is 44.4 Å². The maximum atomic E-state index is 12.0. The van der Waals surface area contributed by atoms with Crippen molar-refractivity contribution >= 4 is 22.9 Å². The molecule has 3 rings (SSSR count). The fourth-order valence-corrected chi connectivity index (χ4v) is 3.59. The Bertz CT molecular complexity index is 650. The normalized spacial score (nSPS) is 15.5. The monoisotopic (exact) mass is 344 g/mol. The van der Waals surface area contributed by atoms with Crippen LogP contribution in [0.5, 0.6) is 0 Å². The Morgan fingerprint density at radius 3 is 2.62 bits per heavy atom. The molecule has 1 fully saturated rings. The Morgan fingerprint density at radius 1 is 1.21 bits per heavy atom. The predicted octanol–water partition coefficient (Wildman–Crippen LogP) is 2.28. The average Bonchev–Trinajstić information content (AvgIpc) is 3.05. The number of nitrogens with one attached hydrogen (secondary N) is 1. The summed E-state index contributed by atoms with van der Waals surface area (Å²) in [5.41, 5.74) is 2.30. The van der Waals surface area contributed by atoms with Crippen LogP contribution in [0.2, 0.25) is 0 Å². The van der Waals surface area contributed by atoms with Crippen LogP contribution in [0.1, 0.15) is 17.1 Å². The highest BCUT2D eigenvalue weighted by Gasteiger charge is 2.17. The van der Waals surface area contributed by atoms with E-state index in [1.807, 2.05) is 18.4 Å². The number of piperazine rings is 1. The molecule has 5 nitrogen and oxygen atoms in total. The van der Waals surface area contributed by atoms with E-state index >= 15 is 0 Å². The van der Waals surface area contributed by atoms with E-state index in [1.54, 1.807) is 11.3 Å². The van der Waals surface area contributed by atoms with Gasteiger partial charge in [-0.15, -0.1) is 11.3 Å². The number of amides is 1. The molecule has 1 saturated heterocycles. The van der Waals surface area contributed by atoms with E-state index in [1.165, 1.54) is 5.69 Å². The van der Waals surface area contributed by atoms with Crippen molar-refractivity contribution in [3.63, 3.8) is 0 Å². The number of rotatable bonds is 6. The van der Waals surface area contributed by atoms with Gasteiger partial charge in [0.05, 0.1) is 6.54 Å². The molecule has 1 aliphatic rings. The van der Waals surface area contributed by atoms with Crippen LogP contribution in [0.15, 0.2) is 35.7 Å². The van der Waals surface area contributed by atoms with E-state index < -0.39 is 0 Å². The van der Waals surface area contributed by atoms with Crippen molar-refractivity contribution < 1.29 is 4.79 Å². The fourth-order valence-electron chi connectivity index (χ4n) is 2.87. The van der Waals surface area contributed by atoms with Crippen molar-refractivity contribution in [1.82, 2.24) is 15.2 Å². The van der Waals surface area contributed by atoms with Crippen molar-refractivity contribution in [1.29, 1.82) is 0 Å². The van der Waals surface area contributed by atoms with Crippen molar-refractivity contribution in [3.05, 3.63) is 46.4 Å². The number of aromatic nitrogens is 1. The van der Waals surface area contributed by atoms with Gasteiger partial charge in [0.2, 0.25) is 5.91 Å². The number of carbonyl (C=O) groups excluding carboxylic acids is 1. The Kier molecular flexibility index (Phi) is 5.82. The molecule has 6 heteroatoms. The third-order valence-corrected chi connectivity index (χ3v) is 5.22. The first-order chi connectivity index (χ1) is 11.7. The lowest BCUT2D eigenvalue weighted by Crippen LogP contribution is -2.47. The molecule has 1 aromatic carbocycles. The van der Waals surface area contributed by atoms with E-state index in [0.717, 1.165) is 43.4 Å². The molecule has 0 radical (unpaired) electrons. The second-order valence-corrected chi connectivity index (χ2v) is 7.02. The van der Waals surface area contributed by atoms with E-state index in [-0.39, 0.29) is 5.91 Å². The molecule has 2 heterocycles. The maximum absolute atomic E-state index is 12.0. The molecule has 0 spiro atoms. The number of nitrogens with zero attached hydrogens (tertiary/aromatic N) is 3. The van der Waals surface area contributed by atoms with Crippen LogP contribution < -0.4 is 10.2 Å². The van der Waals surface area contributed by atoms with E-state index in [9.17, 15) is 4.79 Å². The van der Waals surface area contributed by atoms with Gasteiger partial charge in [-0.25, -0.2) is 4.98 Å². The van der Waals surface area contributed by atoms with Crippen LogP contribution in [0.4, 0.5) is 5.69 Å². The van der Waals surface area contributed by atoms with Gasteiger partial charge in [-0.2, -0.15) is 0 Å². The molecule has 2 aromatic rings. The lowest BCUT2D eigenvalue weighted by molar-refractivity contribution is -0.121. The van der Waals surface area contributed by atoms with E-state index in [4.69, 9.17) is 0 Å². The first-order valence-corrected chi connectivity index (χ1v) is 9.29. The minimum Gasteiger partial charge on any atom is -0.369 e. The molecule has 0 bridgehead atoms. The summed E-state index contributed by atoms with van der Waals surface area (Å²) in [6, 6.07) is 10.5. The third-order valence-electron chi connectivity index (χ3n) is 4.25. The van der Waals surface area contributed by atoms with Gasteiger partial charge in [0.25, 0.3) is 0 Å². The third kappa shape index (κ3) is 4.79. The molecular weight excluding hydrogens is 320 g/mol. The average molecular weight is 344 g/mol. The molecule has 1 aliphatic heterocycles. The van der Waals surface area contributed by atoms with Gasteiger partial charge in [-0.05, 0) is 19.1 Å². The molecule has 0 saturated carbocycles. The van der Waals surface area contributed by atoms with Crippen LogP contribution in [-0.2, 0) is 11.3 Å². The van der Waals surface area contributed by atoms with E-state index in [0.29, 0.717) is 13.0 Å². The number of thiazole rings is 1. The number of anilines is 1. The number of hydrogen-bond acceptors (Lipinski definition) is 5. The summed E-state index contributed by atoms with van der Waals surface area (Å²) in [5.74, 6) is 0.105. The van der Waals surface area contributed by atoms with Crippen LogP contribution in [0.25, 0.3) is 0 Å². The molecule has 24 heavy (non-hydrogen) atoms. The van der Waals surface area contributed by atoms with Crippen LogP contribution in [0.3, 0.4) is 0 Å². The minimum atomic E-state index is 0.105. The highest BCUT2D eigenvalue weighted by molar-refractivity contribution is 7.09. The highest BCUT2D eigenvalue weighted by atomic mass is 32.1. The standard InChI is InChI=1S/C18H24N4OS/c1-15-14-24-18(20-15)13-19-17(23)7-8-21-9-11-22(12-10-21)16-5-3-2-4-6-16/h2-6,14H,7-13H2,1H3,(H,19,23). The summed E-state index contributed by atoms with van der Waals surface area (Å²) in [6.45, 7) is 7.39. The number of carbonyl (C=O) groups is 1. The van der Waals surface area contributed by atoms with Gasteiger partial charge >= 0.3 is 0 Å². The first-order valence-electron chi connectivity index (χ1n) is 8.41. The number of benzene rings is 1. The fraction of sp³-hybridized carbons (Fsp3) is 0.444. The van der Waals surface area contributed by atoms with Crippen molar-refractivity contribution in [2.75, 3.05) is 37.6 Å². The molecule has 1 N–H and O–H groups in total. The molecular formula is C18H24N4OS. The zero-order valence-corrected chi connectivity index (χ0v) is 14.9. The molecule has 128 valence electrons. The summed E-state index contributed by atoms with van der Waals surface area (Å²) in [5, 5.41) is 5.94. The summed E-state index contributed by atoms with van der Waals surface area (Å²) in [7, 11) is 0. The van der Waals surface area contributed by atoms with Gasteiger partial charge < -0.3 is 10.2 Å². The summed E-state index contributed by atoms with van der Waals surface area (Å²) in [6.07, 6.45) is 0.551. The summed E-state index contributed by atoms with van der Waals surface area (Å²) >= 11 is 1.59. The van der Waals surface area contributed by atoms with Crippen LogP contribution in [-0.4, -0.2) is 48.5 Å². The van der Waals surface area contributed by atoms with Crippen molar-refractivity contribution in [2.45, 2.75) is 19.9 Å². The Labute approximate surface area is 147 Å². The quantitative estimate of drug-likeness (QED) is 0.873. The second-order valence-electron chi connectivity index (χ2n) is 6.07.